The minimum absolute atomic E-state index is 0.0165. The molecule has 0 atom stereocenters. The van der Waals surface area contributed by atoms with E-state index in [-0.39, 0.29) is 16.2 Å². The molecule has 0 bridgehead atoms. The van der Waals surface area contributed by atoms with Gasteiger partial charge in [0.2, 0.25) is 5.13 Å². The van der Waals surface area contributed by atoms with E-state index < -0.39 is 15.7 Å². The predicted molar refractivity (Wildman–Crippen MR) is 114 cm³/mol. The van der Waals surface area contributed by atoms with Gasteiger partial charge in [0.15, 0.2) is 9.84 Å². The highest BCUT2D eigenvalue weighted by Crippen LogP contribution is 2.27. The number of thiazole rings is 1. The van der Waals surface area contributed by atoms with Crippen LogP contribution in [0.25, 0.3) is 15.3 Å². The summed E-state index contributed by atoms with van der Waals surface area (Å²) in [5.41, 5.74) is 1.65. The van der Waals surface area contributed by atoms with Crippen molar-refractivity contribution in [2.45, 2.75) is 18.7 Å². The van der Waals surface area contributed by atoms with Gasteiger partial charge in [0, 0.05) is 6.07 Å². The number of carbonyl (C=O) groups excluding carboxylic acids is 1. The molecule has 2 heterocycles. The molecule has 0 saturated carbocycles. The number of aryl methyl sites for hydroxylation is 1. The van der Waals surface area contributed by atoms with Gasteiger partial charge >= 0.3 is 0 Å². The Hall–Kier alpha value is -3.04. The first-order chi connectivity index (χ1) is 13.9. The van der Waals surface area contributed by atoms with Crippen LogP contribution in [-0.2, 0) is 9.84 Å². The Morgan fingerprint density at radius 2 is 1.86 bits per heavy atom. The minimum atomic E-state index is -3.53. The highest BCUT2D eigenvalue weighted by atomic mass is 32.2. The molecular weight excluding hydrogens is 408 g/mol. The average Bonchev–Trinajstić information content (AvgIpc) is 3.30. The van der Waals surface area contributed by atoms with Crippen LogP contribution in [0.3, 0.4) is 0 Å². The van der Waals surface area contributed by atoms with Gasteiger partial charge < -0.3 is 5.32 Å². The van der Waals surface area contributed by atoms with Gasteiger partial charge in [-0.1, -0.05) is 42.5 Å². The van der Waals surface area contributed by atoms with Crippen molar-refractivity contribution >= 4 is 43.1 Å². The standard InChI is InChI=1S/C20H18N4O3S2/c1-3-29(26,27)17-11-7-4-8-14(17)19(25)22-18-12-13(2)23-24(18)20-21-15-9-5-6-10-16(15)28-20/h4-12H,3H2,1-2H3,(H,22,25). The summed E-state index contributed by atoms with van der Waals surface area (Å²) in [5, 5.41) is 7.85. The zero-order chi connectivity index (χ0) is 20.6. The molecule has 9 heteroatoms. The number of benzene rings is 2. The van der Waals surface area contributed by atoms with Gasteiger partial charge in [-0.05, 0) is 31.2 Å². The molecule has 1 amide bonds. The number of aromatic nitrogens is 3. The molecule has 2 aromatic carbocycles. The van der Waals surface area contributed by atoms with Gasteiger partial charge in [-0.15, -0.1) is 0 Å². The van der Waals surface area contributed by atoms with Crippen molar-refractivity contribution in [1.29, 1.82) is 0 Å². The summed E-state index contributed by atoms with van der Waals surface area (Å²) in [6, 6.07) is 15.6. The van der Waals surface area contributed by atoms with E-state index >= 15 is 0 Å². The van der Waals surface area contributed by atoms with Gasteiger partial charge in [-0.2, -0.15) is 9.78 Å². The van der Waals surface area contributed by atoms with Gasteiger partial charge in [0.25, 0.3) is 5.91 Å². The molecule has 0 aliphatic rings. The monoisotopic (exact) mass is 426 g/mol. The van der Waals surface area contributed by atoms with E-state index in [2.05, 4.69) is 15.4 Å². The number of nitrogens with zero attached hydrogens (tertiary/aromatic N) is 3. The number of amides is 1. The summed E-state index contributed by atoms with van der Waals surface area (Å²) in [6.07, 6.45) is 0. The molecule has 0 fully saturated rings. The first-order valence-electron chi connectivity index (χ1n) is 8.95. The van der Waals surface area contributed by atoms with Crippen molar-refractivity contribution in [3.63, 3.8) is 0 Å². The Labute approximate surface area is 171 Å². The summed E-state index contributed by atoms with van der Waals surface area (Å²) < 4.78 is 27.3. The first-order valence-corrected chi connectivity index (χ1v) is 11.4. The lowest BCUT2D eigenvalue weighted by Crippen LogP contribution is -2.19. The first kappa shape index (κ1) is 19.3. The second-order valence-corrected chi connectivity index (χ2v) is 9.66. The SMILES string of the molecule is CCS(=O)(=O)c1ccccc1C(=O)Nc1cc(C)nn1-c1nc2ccccc2s1. The molecule has 0 radical (unpaired) electrons. The lowest BCUT2D eigenvalue weighted by atomic mass is 10.2. The number of anilines is 1. The Morgan fingerprint density at radius 1 is 1.14 bits per heavy atom. The number of hydrogen-bond acceptors (Lipinski definition) is 6. The van der Waals surface area contributed by atoms with E-state index in [0.717, 1.165) is 10.2 Å². The van der Waals surface area contributed by atoms with Crippen LogP contribution in [0.4, 0.5) is 5.82 Å². The lowest BCUT2D eigenvalue weighted by molar-refractivity contribution is 0.102. The normalized spacial score (nSPS) is 11.7. The number of nitrogens with one attached hydrogen (secondary N) is 1. The van der Waals surface area contributed by atoms with E-state index in [0.29, 0.717) is 16.6 Å². The highest BCUT2D eigenvalue weighted by Gasteiger charge is 2.22. The molecule has 7 nitrogen and oxygen atoms in total. The number of hydrogen-bond donors (Lipinski definition) is 1. The molecule has 4 rings (SSSR count). The third-order valence-corrected chi connectivity index (χ3v) is 7.18. The van der Waals surface area contributed by atoms with Crippen LogP contribution in [0.15, 0.2) is 59.5 Å². The second-order valence-electron chi connectivity index (χ2n) is 6.40. The van der Waals surface area contributed by atoms with E-state index in [4.69, 9.17) is 0 Å². The summed E-state index contributed by atoms with van der Waals surface area (Å²) in [4.78, 5) is 17.5. The van der Waals surface area contributed by atoms with Crippen molar-refractivity contribution in [3.8, 4) is 5.13 Å². The maximum Gasteiger partial charge on any atom is 0.258 e. The van der Waals surface area contributed by atoms with E-state index in [1.54, 1.807) is 29.8 Å². The molecular formula is C20H18N4O3S2. The van der Waals surface area contributed by atoms with Crippen molar-refractivity contribution in [3.05, 3.63) is 65.9 Å². The molecule has 29 heavy (non-hydrogen) atoms. The molecule has 0 aliphatic carbocycles. The fourth-order valence-corrected chi connectivity index (χ4v) is 4.97. The van der Waals surface area contributed by atoms with Crippen molar-refractivity contribution in [1.82, 2.24) is 14.8 Å². The molecule has 0 spiro atoms. The van der Waals surface area contributed by atoms with E-state index in [9.17, 15) is 13.2 Å². The molecule has 0 unspecified atom stereocenters. The number of carbonyl (C=O) groups is 1. The largest absolute Gasteiger partial charge is 0.306 e. The maximum atomic E-state index is 12.9. The maximum absolute atomic E-state index is 12.9. The molecule has 4 aromatic rings. The van der Waals surface area contributed by atoms with Crippen LogP contribution >= 0.6 is 11.3 Å². The topological polar surface area (TPSA) is 94.0 Å². The van der Waals surface area contributed by atoms with Crippen LogP contribution in [0.2, 0.25) is 0 Å². The zero-order valence-corrected chi connectivity index (χ0v) is 17.4. The minimum Gasteiger partial charge on any atom is -0.306 e. The fraction of sp³-hybridized carbons (Fsp3) is 0.150. The zero-order valence-electron chi connectivity index (χ0n) is 15.8. The fourth-order valence-electron chi connectivity index (χ4n) is 2.95. The van der Waals surface area contributed by atoms with Gasteiger partial charge in [-0.25, -0.2) is 13.4 Å². The second kappa shape index (κ2) is 7.41. The third kappa shape index (κ3) is 3.66. The summed E-state index contributed by atoms with van der Waals surface area (Å²) in [5.74, 6) is -0.171. The summed E-state index contributed by atoms with van der Waals surface area (Å²) in [6.45, 7) is 3.37. The molecule has 0 aliphatic heterocycles. The molecule has 2 aromatic heterocycles. The molecule has 1 N–H and O–H groups in total. The van der Waals surface area contributed by atoms with Crippen molar-refractivity contribution in [2.75, 3.05) is 11.1 Å². The number of fused-ring (bicyclic) bond motifs is 1. The quantitative estimate of drug-likeness (QED) is 0.523. The predicted octanol–water partition coefficient (Wildman–Crippen LogP) is 3.84. The van der Waals surface area contributed by atoms with Crippen LogP contribution in [0.5, 0.6) is 0 Å². The smallest absolute Gasteiger partial charge is 0.258 e. The lowest BCUT2D eigenvalue weighted by Gasteiger charge is -2.10. The van der Waals surface area contributed by atoms with Gasteiger partial charge in [-0.3, -0.25) is 4.79 Å². The van der Waals surface area contributed by atoms with Gasteiger partial charge in [0.05, 0.1) is 32.1 Å². The Morgan fingerprint density at radius 3 is 2.62 bits per heavy atom. The Kier molecular flexibility index (Phi) is 4.93. The van der Waals surface area contributed by atoms with Crippen LogP contribution in [-0.4, -0.2) is 34.8 Å². The average molecular weight is 427 g/mol. The molecule has 0 saturated heterocycles. The van der Waals surface area contributed by atoms with Crippen molar-refractivity contribution in [2.24, 2.45) is 0 Å². The van der Waals surface area contributed by atoms with Crippen molar-refractivity contribution < 1.29 is 13.2 Å². The summed E-state index contributed by atoms with van der Waals surface area (Å²) >= 11 is 1.45. The Balaban J connectivity index is 1.73. The number of rotatable bonds is 5. The van der Waals surface area contributed by atoms with Gasteiger partial charge in [0.1, 0.15) is 5.82 Å². The highest BCUT2D eigenvalue weighted by molar-refractivity contribution is 7.91. The van der Waals surface area contributed by atoms with Crippen LogP contribution in [0.1, 0.15) is 23.0 Å². The number of sulfone groups is 1. The number of para-hydroxylation sites is 1. The van der Waals surface area contributed by atoms with Crippen LogP contribution < -0.4 is 5.32 Å². The Bertz CT molecular complexity index is 1290. The molecule has 148 valence electrons. The van der Waals surface area contributed by atoms with Crippen LogP contribution in [0, 0.1) is 6.92 Å². The third-order valence-electron chi connectivity index (χ3n) is 4.38. The van der Waals surface area contributed by atoms with E-state index in [1.165, 1.54) is 23.5 Å². The van der Waals surface area contributed by atoms with E-state index in [1.807, 2.05) is 31.2 Å². The summed E-state index contributed by atoms with van der Waals surface area (Å²) in [7, 11) is -3.53.